The third kappa shape index (κ3) is 8.94. The highest BCUT2D eigenvalue weighted by Crippen LogP contribution is 2.17. The van der Waals surface area contributed by atoms with Crippen molar-refractivity contribution in [3.05, 3.63) is 29.8 Å². The lowest BCUT2D eigenvalue weighted by Gasteiger charge is -2.37. The number of hydrogen-bond donors (Lipinski definition) is 1. The van der Waals surface area contributed by atoms with E-state index in [0.717, 1.165) is 69.3 Å². The van der Waals surface area contributed by atoms with Gasteiger partial charge in [0.25, 0.3) is 5.91 Å². The highest BCUT2D eigenvalue weighted by Gasteiger charge is 2.30. The summed E-state index contributed by atoms with van der Waals surface area (Å²) in [6.07, 6.45) is 2.61. The van der Waals surface area contributed by atoms with Crippen molar-refractivity contribution in [3.63, 3.8) is 0 Å². The first kappa shape index (κ1) is 27.7. The van der Waals surface area contributed by atoms with E-state index in [2.05, 4.69) is 48.3 Å². The van der Waals surface area contributed by atoms with Crippen molar-refractivity contribution in [2.45, 2.75) is 38.8 Å². The number of hydrogen-bond acceptors (Lipinski definition) is 5. The van der Waals surface area contributed by atoms with Gasteiger partial charge in [-0.2, -0.15) is 0 Å². The van der Waals surface area contributed by atoms with E-state index in [0.29, 0.717) is 26.2 Å². The van der Waals surface area contributed by atoms with E-state index in [4.69, 9.17) is 14.5 Å². The largest absolute Gasteiger partial charge is 0.494 e. The molecule has 0 spiro atoms. The van der Waals surface area contributed by atoms with Gasteiger partial charge in [-0.1, -0.05) is 12.1 Å². The maximum Gasteiger partial charge on any atom is 0.251 e. The first-order chi connectivity index (χ1) is 15.6. The zero-order chi connectivity index (χ0) is 22.8. The summed E-state index contributed by atoms with van der Waals surface area (Å²) < 4.78 is 11.4. The number of benzene rings is 1. The molecule has 2 aliphatic rings. The molecule has 33 heavy (non-hydrogen) atoms. The molecule has 9 heteroatoms. The molecule has 2 aliphatic heterocycles. The summed E-state index contributed by atoms with van der Waals surface area (Å²) in [5.41, 5.74) is 1.15. The number of carbonyl (C=O) groups is 1. The van der Waals surface area contributed by atoms with E-state index in [-0.39, 0.29) is 36.0 Å². The highest BCUT2D eigenvalue weighted by molar-refractivity contribution is 14.0. The lowest BCUT2D eigenvalue weighted by atomic mass is 10.2. The van der Waals surface area contributed by atoms with Gasteiger partial charge in [0.2, 0.25) is 0 Å². The Morgan fingerprint density at radius 1 is 1.18 bits per heavy atom. The first-order valence-corrected chi connectivity index (χ1v) is 11.9. The number of ether oxygens (including phenoxy) is 2. The molecule has 1 unspecified atom stereocenters. The highest BCUT2D eigenvalue weighted by atomic mass is 127. The second-order valence-electron chi connectivity index (χ2n) is 8.63. The van der Waals surface area contributed by atoms with Crippen LogP contribution >= 0.6 is 24.0 Å². The van der Waals surface area contributed by atoms with E-state index in [1.165, 1.54) is 0 Å². The van der Waals surface area contributed by atoms with Gasteiger partial charge < -0.3 is 29.5 Å². The molecule has 1 aromatic carbocycles. The topological polar surface area (TPSA) is 69.6 Å². The average molecular weight is 574 g/mol. The van der Waals surface area contributed by atoms with Crippen molar-refractivity contribution in [3.8, 4) is 5.75 Å². The van der Waals surface area contributed by atoms with E-state index < -0.39 is 0 Å². The Morgan fingerprint density at radius 2 is 1.88 bits per heavy atom. The van der Waals surface area contributed by atoms with Gasteiger partial charge in [0, 0.05) is 45.9 Å². The molecule has 2 heterocycles. The Kier molecular flexibility index (Phi) is 12.3. The number of halogens is 1. The number of aliphatic imine (C=N–C) groups is 1. The predicted octanol–water partition coefficient (Wildman–Crippen LogP) is 2.42. The van der Waals surface area contributed by atoms with Crippen LogP contribution in [0.3, 0.4) is 0 Å². The summed E-state index contributed by atoms with van der Waals surface area (Å²) in [7, 11) is 4.14. The van der Waals surface area contributed by atoms with E-state index in [1.54, 1.807) is 0 Å². The molecule has 2 saturated heterocycles. The van der Waals surface area contributed by atoms with Crippen molar-refractivity contribution < 1.29 is 14.3 Å². The van der Waals surface area contributed by atoms with Gasteiger partial charge in [0.15, 0.2) is 5.96 Å². The van der Waals surface area contributed by atoms with Crippen molar-refractivity contribution in [1.29, 1.82) is 0 Å². The lowest BCUT2D eigenvalue weighted by molar-refractivity contribution is -0.142. The van der Waals surface area contributed by atoms with Gasteiger partial charge >= 0.3 is 0 Å². The van der Waals surface area contributed by atoms with Gasteiger partial charge in [-0.15, -0.1) is 24.0 Å². The van der Waals surface area contributed by atoms with Crippen LogP contribution in [0.1, 0.15) is 31.7 Å². The summed E-state index contributed by atoms with van der Waals surface area (Å²) in [6.45, 7) is 8.94. The predicted molar refractivity (Wildman–Crippen MR) is 142 cm³/mol. The molecule has 1 atom stereocenters. The zero-order valence-corrected chi connectivity index (χ0v) is 22.6. The minimum atomic E-state index is -0.233. The van der Waals surface area contributed by atoms with Crippen molar-refractivity contribution >= 4 is 35.8 Å². The molecule has 2 fully saturated rings. The number of nitrogens with zero attached hydrogens (tertiary/aromatic N) is 4. The molecule has 1 aromatic rings. The smallest absolute Gasteiger partial charge is 0.251 e. The molecule has 1 N–H and O–H groups in total. The van der Waals surface area contributed by atoms with E-state index in [1.807, 2.05) is 17.0 Å². The number of guanidine groups is 1. The fourth-order valence-corrected chi connectivity index (χ4v) is 3.97. The van der Waals surface area contributed by atoms with Crippen LogP contribution in [0.2, 0.25) is 0 Å². The standard InChI is InChI=1S/C24H39N5O3.HI/c1-4-25-24(29-15-13-28(14-16-29)23(30)22-7-5-17-32-22)26-19-20-8-10-21(11-9-20)31-18-6-12-27(2)3;/h8-11,22H,4-7,12-19H2,1-3H3,(H,25,26);1H. The van der Waals surface area contributed by atoms with E-state index in [9.17, 15) is 4.79 Å². The molecule has 3 rings (SSSR count). The Hall–Kier alpha value is -1.59. The molecule has 0 aliphatic carbocycles. The lowest BCUT2D eigenvalue weighted by Crippen LogP contribution is -2.55. The monoisotopic (exact) mass is 573 g/mol. The fourth-order valence-electron chi connectivity index (χ4n) is 3.97. The Morgan fingerprint density at radius 3 is 2.48 bits per heavy atom. The number of piperazine rings is 1. The summed E-state index contributed by atoms with van der Waals surface area (Å²) in [4.78, 5) is 23.8. The summed E-state index contributed by atoms with van der Waals surface area (Å²) in [5.74, 6) is 1.95. The van der Waals surface area contributed by atoms with Crippen molar-refractivity contribution in [2.75, 3.05) is 66.6 Å². The fraction of sp³-hybridized carbons (Fsp3) is 0.667. The number of nitrogens with one attached hydrogen (secondary N) is 1. The van der Waals surface area contributed by atoms with Crippen LogP contribution in [-0.2, 0) is 16.1 Å². The van der Waals surface area contributed by atoms with Gasteiger partial charge in [0.1, 0.15) is 11.9 Å². The van der Waals surface area contributed by atoms with Crippen molar-refractivity contribution in [2.24, 2.45) is 4.99 Å². The molecule has 8 nitrogen and oxygen atoms in total. The minimum Gasteiger partial charge on any atom is -0.494 e. The van der Waals surface area contributed by atoms with Gasteiger partial charge in [0.05, 0.1) is 13.2 Å². The van der Waals surface area contributed by atoms with Crippen LogP contribution in [0.25, 0.3) is 0 Å². The maximum atomic E-state index is 12.6. The van der Waals surface area contributed by atoms with Gasteiger partial charge in [-0.25, -0.2) is 4.99 Å². The normalized spacial score (nSPS) is 18.9. The van der Waals surface area contributed by atoms with Crippen LogP contribution in [0.15, 0.2) is 29.3 Å². The molecule has 0 bridgehead atoms. The number of amides is 1. The molecule has 0 saturated carbocycles. The Balaban J connectivity index is 0.00000385. The average Bonchev–Trinajstić information content (AvgIpc) is 3.35. The first-order valence-electron chi connectivity index (χ1n) is 11.9. The summed E-state index contributed by atoms with van der Waals surface area (Å²) in [6, 6.07) is 8.19. The molecule has 0 aromatic heterocycles. The maximum absolute atomic E-state index is 12.6. The summed E-state index contributed by atoms with van der Waals surface area (Å²) in [5, 5.41) is 3.40. The molecule has 0 radical (unpaired) electrons. The molecular weight excluding hydrogens is 533 g/mol. The van der Waals surface area contributed by atoms with Crippen LogP contribution in [0.4, 0.5) is 0 Å². The number of carbonyl (C=O) groups excluding carboxylic acids is 1. The third-order valence-corrected chi connectivity index (χ3v) is 5.78. The van der Waals surface area contributed by atoms with Crippen LogP contribution in [-0.4, -0.2) is 99.2 Å². The zero-order valence-electron chi connectivity index (χ0n) is 20.3. The quantitative estimate of drug-likeness (QED) is 0.212. The SMILES string of the molecule is CCNC(=NCc1ccc(OCCCN(C)C)cc1)N1CCN(C(=O)C2CCCO2)CC1.I. The third-order valence-electron chi connectivity index (χ3n) is 5.78. The van der Waals surface area contributed by atoms with Gasteiger partial charge in [-0.05, 0) is 58.0 Å². The molecular formula is C24H40IN5O3. The molecule has 1 amide bonds. The van der Waals surface area contributed by atoms with Crippen molar-refractivity contribution in [1.82, 2.24) is 20.0 Å². The van der Waals surface area contributed by atoms with Gasteiger partial charge in [-0.3, -0.25) is 4.79 Å². The van der Waals surface area contributed by atoms with E-state index >= 15 is 0 Å². The van der Waals surface area contributed by atoms with Crippen LogP contribution in [0.5, 0.6) is 5.75 Å². The number of rotatable bonds is 9. The Labute approximate surface area is 215 Å². The summed E-state index contributed by atoms with van der Waals surface area (Å²) >= 11 is 0. The van der Waals surface area contributed by atoms with Crippen LogP contribution < -0.4 is 10.1 Å². The molecule has 186 valence electrons. The Bertz CT molecular complexity index is 730. The minimum absolute atomic E-state index is 0. The second kappa shape index (κ2) is 14.6. The second-order valence-corrected chi connectivity index (χ2v) is 8.63. The van der Waals surface area contributed by atoms with Crippen LogP contribution in [0, 0.1) is 0 Å².